The summed E-state index contributed by atoms with van der Waals surface area (Å²) in [5.41, 5.74) is 0.167. The molecule has 0 fully saturated rings. The number of rotatable bonds is 5. The molecule has 20 heavy (non-hydrogen) atoms. The molecule has 3 N–H and O–H groups in total. The molecule has 0 heterocycles. The zero-order valence-electron chi connectivity index (χ0n) is 11.7. The van der Waals surface area contributed by atoms with Gasteiger partial charge in [-0.05, 0) is 53.6 Å². The van der Waals surface area contributed by atoms with Gasteiger partial charge in [0.2, 0.25) is 5.91 Å². The van der Waals surface area contributed by atoms with Gasteiger partial charge in [-0.1, -0.05) is 13.8 Å². The van der Waals surface area contributed by atoms with Crippen molar-refractivity contribution in [3.05, 3.63) is 27.3 Å². The van der Waals surface area contributed by atoms with E-state index in [2.05, 4.69) is 33.2 Å². The Bertz CT molecular complexity index is 503. The van der Waals surface area contributed by atoms with E-state index in [1.807, 2.05) is 13.8 Å². The van der Waals surface area contributed by atoms with Crippen LogP contribution in [-0.2, 0) is 4.79 Å². The molecule has 1 rings (SSSR count). The van der Waals surface area contributed by atoms with E-state index in [9.17, 15) is 14.7 Å². The highest BCUT2D eigenvalue weighted by molar-refractivity contribution is 14.1. The first-order valence-electron chi connectivity index (χ1n) is 6.38. The smallest absolute Gasteiger partial charge is 0.255 e. The van der Waals surface area contributed by atoms with Gasteiger partial charge in [0.25, 0.3) is 5.91 Å². The maximum absolute atomic E-state index is 12.0. The average Bonchev–Trinajstić information content (AvgIpc) is 2.38. The molecule has 0 spiro atoms. The zero-order valence-corrected chi connectivity index (χ0v) is 13.9. The normalized spacial score (nSPS) is 12.1. The number of nitrogens with one attached hydrogen (secondary N) is 2. The van der Waals surface area contributed by atoms with Gasteiger partial charge in [-0.15, -0.1) is 0 Å². The summed E-state index contributed by atoms with van der Waals surface area (Å²) in [6.07, 6.45) is 0. The highest BCUT2D eigenvalue weighted by atomic mass is 127. The molecule has 6 heteroatoms. The lowest BCUT2D eigenvalue weighted by atomic mass is 10.1. The van der Waals surface area contributed by atoms with Crippen LogP contribution in [0.2, 0.25) is 0 Å². The Balaban J connectivity index is 2.65. The summed E-state index contributed by atoms with van der Waals surface area (Å²) >= 11 is 2.05. The van der Waals surface area contributed by atoms with Crippen molar-refractivity contribution in [1.29, 1.82) is 0 Å². The fourth-order valence-corrected chi connectivity index (χ4v) is 1.98. The molecule has 0 saturated carbocycles. The van der Waals surface area contributed by atoms with Crippen LogP contribution in [0, 0.1) is 9.49 Å². The van der Waals surface area contributed by atoms with Gasteiger partial charge in [0.05, 0.1) is 5.56 Å². The molecule has 0 aliphatic heterocycles. The largest absolute Gasteiger partial charge is 0.507 e. The first kappa shape index (κ1) is 16.7. The number of hydrogen-bond donors (Lipinski definition) is 3. The van der Waals surface area contributed by atoms with Crippen LogP contribution in [0.1, 0.15) is 31.1 Å². The fraction of sp³-hybridized carbons (Fsp3) is 0.429. The van der Waals surface area contributed by atoms with E-state index >= 15 is 0 Å². The Morgan fingerprint density at radius 3 is 2.55 bits per heavy atom. The molecule has 1 aromatic carbocycles. The maximum Gasteiger partial charge on any atom is 0.255 e. The summed E-state index contributed by atoms with van der Waals surface area (Å²) in [6, 6.07) is 4.08. The second-order valence-corrected chi connectivity index (χ2v) is 6.24. The van der Waals surface area contributed by atoms with Gasteiger partial charge in [-0.25, -0.2) is 0 Å². The van der Waals surface area contributed by atoms with Gasteiger partial charge < -0.3 is 15.7 Å². The number of carbonyl (C=O) groups is 2. The Kier molecular flexibility index (Phi) is 6.25. The van der Waals surface area contributed by atoms with Crippen LogP contribution >= 0.6 is 22.6 Å². The molecule has 0 saturated heterocycles. The highest BCUT2D eigenvalue weighted by Gasteiger charge is 2.18. The van der Waals surface area contributed by atoms with E-state index < -0.39 is 11.9 Å². The zero-order chi connectivity index (χ0) is 15.3. The fourth-order valence-electron chi connectivity index (χ4n) is 1.49. The van der Waals surface area contributed by atoms with Crippen LogP contribution in [0.4, 0.5) is 0 Å². The summed E-state index contributed by atoms with van der Waals surface area (Å²) in [4.78, 5) is 23.8. The number of halogens is 1. The third-order valence-electron chi connectivity index (χ3n) is 2.63. The Morgan fingerprint density at radius 1 is 1.30 bits per heavy atom. The van der Waals surface area contributed by atoms with E-state index in [1.54, 1.807) is 19.1 Å². The number of amides is 2. The van der Waals surface area contributed by atoms with E-state index in [4.69, 9.17) is 0 Å². The Hall–Kier alpha value is -1.31. The first-order valence-corrected chi connectivity index (χ1v) is 7.46. The lowest BCUT2D eigenvalue weighted by molar-refractivity contribution is -0.122. The van der Waals surface area contributed by atoms with Crippen molar-refractivity contribution in [3.8, 4) is 5.75 Å². The molecule has 0 aliphatic carbocycles. The second-order valence-electron chi connectivity index (χ2n) is 5.00. The minimum atomic E-state index is -0.654. The van der Waals surface area contributed by atoms with Crippen molar-refractivity contribution in [2.75, 3.05) is 6.54 Å². The SMILES string of the molecule is CC(C)CNC(=O)C(C)NC(=O)c1cc(I)ccc1O. The molecule has 2 amide bonds. The van der Waals surface area contributed by atoms with Crippen LogP contribution in [0.3, 0.4) is 0 Å². The standard InChI is InChI=1S/C14H19IN2O3/c1-8(2)7-16-13(19)9(3)17-14(20)11-6-10(15)4-5-12(11)18/h4-6,8-9,18H,7H2,1-3H3,(H,16,19)(H,17,20). The Labute approximate surface area is 132 Å². The second kappa shape index (κ2) is 7.47. The van der Waals surface area contributed by atoms with E-state index in [0.29, 0.717) is 12.5 Å². The third-order valence-corrected chi connectivity index (χ3v) is 3.30. The quantitative estimate of drug-likeness (QED) is 0.672. The number of hydrogen-bond acceptors (Lipinski definition) is 3. The lowest BCUT2D eigenvalue weighted by Gasteiger charge is -2.15. The molecule has 0 bridgehead atoms. The highest BCUT2D eigenvalue weighted by Crippen LogP contribution is 2.19. The van der Waals surface area contributed by atoms with Gasteiger partial charge in [-0.2, -0.15) is 0 Å². The number of carbonyl (C=O) groups excluding carboxylic acids is 2. The van der Waals surface area contributed by atoms with Crippen LogP contribution in [0.5, 0.6) is 5.75 Å². The molecule has 0 aromatic heterocycles. The van der Waals surface area contributed by atoms with Crippen molar-refractivity contribution in [2.24, 2.45) is 5.92 Å². The molecule has 0 radical (unpaired) electrons. The van der Waals surface area contributed by atoms with Crippen LogP contribution < -0.4 is 10.6 Å². The van der Waals surface area contributed by atoms with E-state index in [1.165, 1.54) is 6.07 Å². The summed E-state index contributed by atoms with van der Waals surface area (Å²) in [7, 11) is 0. The van der Waals surface area contributed by atoms with Gasteiger partial charge in [0, 0.05) is 10.1 Å². The minimum absolute atomic E-state index is 0.0993. The Morgan fingerprint density at radius 2 is 1.95 bits per heavy atom. The van der Waals surface area contributed by atoms with Gasteiger partial charge in [-0.3, -0.25) is 9.59 Å². The monoisotopic (exact) mass is 390 g/mol. The molecule has 0 aliphatic rings. The molecule has 1 aromatic rings. The van der Waals surface area contributed by atoms with Gasteiger partial charge in [0.1, 0.15) is 11.8 Å². The van der Waals surface area contributed by atoms with Crippen LogP contribution in [0.25, 0.3) is 0 Å². The summed E-state index contributed by atoms with van der Waals surface area (Å²) < 4.78 is 0.836. The van der Waals surface area contributed by atoms with Crippen molar-refractivity contribution in [3.63, 3.8) is 0 Å². The number of benzene rings is 1. The number of aromatic hydroxyl groups is 1. The summed E-state index contributed by atoms with van der Waals surface area (Å²) in [6.45, 7) is 6.16. The van der Waals surface area contributed by atoms with Gasteiger partial charge >= 0.3 is 0 Å². The molecule has 1 unspecified atom stereocenters. The number of phenols is 1. The van der Waals surface area contributed by atoms with E-state index in [-0.39, 0.29) is 17.2 Å². The molecule has 5 nitrogen and oxygen atoms in total. The van der Waals surface area contributed by atoms with Crippen molar-refractivity contribution < 1.29 is 14.7 Å². The predicted molar refractivity (Wildman–Crippen MR) is 85.6 cm³/mol. The lowest BCUT2D eigenvalue weighted by Crippen LogP contribution is -2.45. The minimum Gasteiger partial charge on any atom is -0.507 e. The topological polar surface area (TPSA) is 78.4 Å². The summed E-state index contributed by atoms with van der Waals surface area (Å²) in [5.74, 6) is -0.454. The molecule has 110 valence electrons. The average molecular weight is 390 g/mol. The molecular formula is C14H19IN2O3. The molecule has 1 atom stereocenters. The van der Waals surface area contributed by atoms with Crippen molar-refractivity contribution in [1.82, 2.24) is 10.6 Å². The maximum atomic E-state index is 12.0. The van der Waals surface area contributed by atoms with E-state index in [0.717, 1.165) is 3.57 Å². The van der Waals surface area contributed by atoms with Crippen LogP contribution in [0.15, 0.2) is 18.2 Å². The van der Waals surface area contributed by atoms with Crippen molar-refractivity contribution in [2.45, 2.75) is 26.8 Å². The predicted octanol–water partition coefficient (Wildman–Crippen LogP) is 1.89. The first-order chi connectivity index (χ1) is 9.31. The van der Waals surface area contributed by atoms with Crippen molar-refractivity contribution >= 4 is 34.4 Å². The van der Waals surface area contributed by atoms with Crippen LogP contribution in [-0.4, -0.2) is 29.5 Å². The third kappa shape index (κ3) is 4.99. The number of phenolic OH excluding ortho intramolecular Hbond substituents is 1. The molecular weight excluding hydrogens is 371 g/mol. The summed E-state index contributed by atoms with van der Waals surface area (Å²) in [5, 5.41) is 15.0. The van der Waals surface area contributed by atoms with Gasteiger partial charge in [0.15, 0.2) is 0 Å².